The van der Waals surface area contributed by atoms with E-state index in [1.54, 1.807) is 20.8 Å². The fraction of sp³-hybridized carbons (Fsp3) is 0.526. The molecule has 1 aliphatic carbocycles. The molecule has 3 rings (SSSR count). The van der Waals surface area contributed by atoms with E-state index in [0.29, 0.717) is 0 Å². The molecule has 2 fully saturated rings. The average molecular weight is 345 g/mol. The molecule has 1 heterocycles. The van der Waals surface area contributed by atoms with Crippen molar-refractivity contribution in [1.29, 1.82) is 0 Å². The summed E-state index contributed by atoms with van der Waals surface area (Å²) in [5.41, 5.74) is 0.109. The number of imide groups is 1. The Morgan fingerprint density at radius 2 is 1.80 bits per heavy atom. The molecular weight excluding hydrogens is 322 g/mol. The van der Waals surface area contributed by atoms with E-state index in [9.17, 15) is 14.4 Å². The molecule has 2 aliphatic rings. The molecule has 134 valence electrons. The van der Waals surface area contributed by atoms with Crippen LogP contribution in [0.15, 0.2) is 30.3 Å². The Bertz CT molecular complexity index is 694. The summed E-state index contributed by atoms with van der Waals surface area (Å²) in [6.45, 7) is 7.18. The molecule has 0 radical (unpaired) electrons. The van der Waals surface area contributed by atoms with Gasteiger partial charge < -0.3 is 9.47 Å². The Labute approximate surface area is 147 Å². The molecule has 1 saturated heterocycles. The molecule has 0 N–H and O–H groups in total. The lowest BCUT2D eigenvalue weighted by Crippen LogP contribution is -2.49. The number of amides is 2. The standard InChI is InChI=1S/C19H23NO5/c1-11-13-14(11)16(21)20(18(23)25-19(2,3)4)15(13)17(22)24-10-12-8-6-5-7-9-12/h5-9,11,13-15H,10H2,1-4H3. The Kier molecular flexibility index (Phi) is 4.31. The summed E-state index contributed by atoms with van der Waals surface area (Å²) in [5.74, 6) is -1.28. The van der Waals surface area contributed by atoms with Gasteiger partial charge in [0.1, 0.15) is 18.2 Å². The van der Waals surface area contributed by atoms with Gasteiger partial charge >= 0.3 is 12.1 Å². The summed E-state index contributed by atoms with van der Waals surface area (Å²) in [6, 6.07) is 8.39. The number of esters is 1. The number of carbonyl (C=O) groups excluding carboxylic acids is 3. The molecule has 0 spiro atoms. The van der Waals surface area contributed by atoms with E-state index in [1.807, 2.05) is 37.3 Å². The molecular formula is C19H23NO5. The Balaban J connectivity index is 1.73. The molecule has 4 unspecified atom stereocenters. The normalized spacial score (nSPS) is 27.7. The predicted octanol–water partition coefficient (Wildman–Crippen LogP) is 2.76. The van der Waals surface area contributed by atoms with Crippen molar-refractivity contribution < 1.29 is 23.9 Å². The number of rotatable bonds is 3. The number of benzene rings is 1. The number of fused-ring (bicyclic) bond motifs is 1. The summed E-state index contributed by atoms with van der Waals surface area (Å²) in [6.07, 6.45) is -0.779. The second kappa shape index (κ2) is 6.17. The summed E-state index contributed by atoms with van der Waals surface area (Å²) in [4.78, 5) is 38.5. The van der Waals surface area contributed by atoms with Gasteiger partial charge in [0.25, 0.3) is 0 Å². The van der Waals surface area contributed by atoms with Crippen LogP contribution in [-0.2, 0) is 25.7 Å². The van der Waals surface area contributed by atoms with Gasteiger partial charge in [-0.05, 0) is 32.3 Å². The summed E-state index contributed by atoms with van der Waals surface area (Å²) < 4.78 is 10.7. The molecule has 25 heavy (non-hydrogen) atoms. The number of piperidine rings is 1. The van der Waals surface area contributed by atoms with E-state index < -0.39 is 23.7 Å². The molecule has 0 aromatic heterocycles. The zero-order valence-electron chi connectivity index (χ0n) is 14.9. The molecule has 1 aromatic carbocycles. The zero-order chi connectivity index (χ0) is 18.4. The van der Waals surface area contributed by atoms with E-state index in [-0.39, 0.29) is 30.3 Å². The fourth-order valence-electron chi connectivity index (χ4n) is 3.43. The van der Waals surface area contributed by atoms with Crippen molar-refractivity contribution in [2.24, 2.45) is 17.8 Å². The van der Waals surface area contributed by atoms with Gasteiger partial charge in [-0.3, -0.25) is 4.79 Å². The number of nitrogens with zero attached hydrogens (tertiary/aromatic N) is 1. The van der Waals surface area contributed by atoms with Crippen LogP contribution in [0, 0.1) is 17.8 Å². The average Bonchev–Trinajstić information content (AvgIpc) is 3.07. The highest BCUT2D eigenvalue weighted by atomic mass is 16.6. The third-order valence-corrected chi connectivity index (χ3v) is 4.67. The molecule has 6 heteroatoms. The summed E-state index contributed by atoms with van der Waals surface area (Å²) >= 11 is 0. The van der Waals surface area contributed by atoms with Crippen LogP contribution in [0.5, 0.6) is 0 Å². The van der Waals surface area contributed by atoms with Crippen molar-refractivity contribution in [1.82, 2.24) is 4.90 Å². The summed E-state index contributed by atoms with van der Waals surface area (Å²) in [7, 11) is 0. The first-order valence-corrected chi connectivity index (χ1v) is 8.47. The quantitative estimate of drug-likeness (QED) is 0.788. The van der Waals surface area contributed by atoms with Crippen LogP contribution >= 0.6 is 0 Å². The highest BCUT2D eigenvalue weighted by Crippen LogP contribution is 2.56. The van der Waals surface area contributed by atoms with E-state index >= 15 is 0 Å². The maximum atomic E-state index is 12.6. The van der Waals surface area contributed by atoms with Crippen LogP contribution in [0.25, 0.3) is 0 Å². The molecule has 4 atom stereocenters. The van der Waals surface area contributed by atoms with Gasteiger partial charge in [-0.1, -0.05) is 37.3 Å². The minimum absolute atomic E-state index is 0.0838. The highest BCUT2D eigenvalue weighted by molar-refractivity contribution is 6.03. The van der Waals surface area contributed by atoms with Crippen LogP contribution < -0.4 is 0 Å². The molecule has 6 nitrogen and oxygen atoms in total. The molecule has 2 amide bonds. The van der Waals surface area contributed by atoms with Gasteiger partial charge in [0, 0.05) is 11.8 Å². The van der Waals surface area contributed by atoms with E-state index in [1.165, 1.54) is 0 Å². The lowest BCUT2D eigenvalue weighted by Gasteiger charge is -2.28. The van der Waals surface area contributed by atoms with E-state index in [0.717, 1.165) is 10.5 Å². The maximum Gasteiger partial charge on any atom is 0.417 e. The third-order valence-electron chi connectivity index (χ3n) is 4.67. The smallest absolute Gasteiger partial charge is 0.417 e. The number of ether oxygens (including phenoxy) is 2. The van der Waals surface area contributed by atoms with Crippen molar-refractivity contribution in [3.8, 4) is 0 Å². The van der Waals surface area contributed by atoms with Crippen molar-refractivity contribution in [2.45, 2.75) is 45.9 Å². The van der Waals surface area contributed by atoms with Crippen molar-refractivity contribution in [2.75, 3.05) is 0 Å². The number of hydrogen-bond donors (Lipinski definition) is 0. The van der Waals surface area contributed by atoms with E-state index in [2.05, 4.69) is 0 Å². The van der Waals surface area contributed by atoms with Gasteiger partial charge in [0.05, 0.1) is 0 Å². The first kappa shape index (κ1) is 17.5. The van der Waals surface area contributed by atoms with Crippen LogP contribution in [-0.4, -0.2) is 34.5 Å². The molecule has 0 bridgehead atoms. The van der Waals surface area contributed by atoms with Gasteiger partial charge in [-0.25, -0.2) is 14.5 Å². The van der Waals surface area contributed by atoms with Gasteiger partial charge in [0.2, 0.25) is 5.91 Å². The Morgan fingerprint density at radius 3 is 2.40 bits per heavy atom. The lowest BCUT2D eigenvalue weighted by atomic mass is 10.1. The monoisotopic (exact) mass is 345 g/mol. The minimum atomic E-state index is -0.897. The lowest BCUT2D eigenvalue weighted by molar-refractivity contribution is -0.154. The van der Waals surface area contributed by atoms with Gasteiger partial charge in [-0.15, -0.1) is 0 Å². The molecule has 1 aliphatic heterocycles. The molecule has 1 aromatic rings. The first-order chi connectivity index (χ1) is 11.7. The van der Waals surface area contributed by atoms with Gasteiger partial charge in [0.15, 0.2) is 0 Å². The second-order valence-electron chi connectivity index (χ2n) is 7.69. The number of likely N-dealkylation sites (tertiary alicyclic amines) is 1. The predicted molar refractivity (Wildman–Crippen MR) is 89.3 cm³/mol. The molecule has 1 saturated carbocycles. The highest BCUT2D eigenvalue weighted by Gasteiger charge is 2.69. The van der Waals surface area contributed by atoms with E-state index in [4.69, 9.17) is 9.47 Å². The third kappa shape index (κ3) is 3.38. The number of hydrogen-bond acceptors (Lipinski definition) is 5. The van der Waals surface area contributed by atoms with Crippen molar-refractivity contribution in [3.63, 3.8) is 0 Å². The van der Waals surface area contributed by atoms with Crippen LogP contribution in [0.1, 0.15) is 33.3 Å². The fourth-order valence-corrected chi connectivity index (χ4v) is 3.43. The second-order valence-corrected chi connectivity index (χ2v) is 7.69. The maximum absolute atomic E-state index is 12.6. The van der Waals surface area contributed by atoms with Gasteiger partial charge in [-0.2, -0.15) is 0 Å². The largest absolute Gasteiger partial charge is 0.459 e. The Hall–Kier alpha value is -2.37. The minimum Gasteiger partial charge on any atom is -0.459 e. The van der Waals surface area contributed by atoms with Crippen LogP contribution in [0.4, 0.5) is 4.79 Å². The Morgan fingerprint density at radius 1 is 1.16 bits per heavy atom. The van der Waals surface area contributed by atoms with Crippen molar-refractivity contribution in [3.05, 3.63) is 35.9 Å². The van der Waals surface area contributed by atoms with Crippen LogP contribution in [0.2, 0.25) is 0 Å². The van der Waals surface area contributed by atoms with Crippen LogP contribution in [0.3, 0.4) is 0 Å². The zero-order valence-corrected chi connectivity index (χ0v) is 14.9. The summed E-state index contributed by atoms with van der Waals surface area (Å²) in [5, 5.41) is 0. The first-order valence-electron chi connectivity index (χ1n) is 8.47. The SMILES string of the molecule is CC1C2C(=O)N(C(=O)OC(C)(C)C)C(C(=O)OCc3ccccc3)C12. The van der Waals surface area contributed by atoms with Crippen molar-refractivity contribution >= 4 is 18.0 Å². The topological polar surface area (TPSA) is 72.9 Å². The number of carbonyl (C=O) groups is 3.